The molecule has 18 heavy (non-hydrogen) atoms. The average Bonchev–Trinajstić information content (AvgIpc) is 2.85. The molecule has 0 amide bonds. The molecule has 1 N–H and O–H groups in total. The van der Waals surface area contributed by atoms with Crippen LogP contribution in [-0.2, 0) is 0 Å². The predicted octanol–water partition coefficient (Wildman–Crippen LogP) is 4.69. The van der Waals surface area contributed by atoms with E-state index in [1.807, 2.05) is 19.2 Å². The SMILES string of the molecule is CNC(C)/C=C/c1ccc(-c2ccc(Cl)cc2)s1. The molecule has 0 aliphatic carbocycles. The van der Waals surface area contributed by atoms with E-state index in [-0.39, 0.29) is 0 Å². The minimum Gasteiger partial charge on any atom is -0.314 e. The molecule has 1 aromatic carbocycles. The molecular weight excluding hydrogens is 262 g/mol. The summed E-state index contributed by atoms with van der Waals surface area (Å²) in [5, 5.41) is 3.96. The number of nitrogens with one attached hydrogen (secondary N) is 1. The second-order valence-corrected chi connectivity index (χ2v) is 5.70. The lowest BCUT2D eigenvalue weighted by Gasteiger charge is -2.00. The topological polar surface area (TPSA) is 12.0 Å². The smallest absolute Gasteiger partial charge is 0.0406 e. The predicted molar refractivity (Wildman–Crippen MR) is 82.3 cm³/mol. The van der Waals surface area contributed by atoms with Crippen molar-refractivity contribution in [3.63, 3.8) is 0 Å². The highest BCUT2D eigenvalue weighted by Crippen LogP contribution is 2.29. The number of benzene rings is 1. The maximum Gasteiger partial charge on any atom is 0.0406 e. The van der Waals surface area contributed by atoms with Crippen LogP contribution in [0, 0.1) is 0 Å². The Balaban J connectivity index is 2.15. The quantitative estimate of drug-likeness (QED) is 0.855. The lowest BCUT2D eigenvalue weighted by molar-refractivity contribution is 0.732. The van der Waals surface area contributed by atoms with Gasteiger partial charge < -0.3 is 5.32 Å². The van der Waals surface area contributed by atoms with Gasteiger partial charge in [0.05, 0.1) is 0 Å². The number of rotatable bonds is 4. The third kappa shape index (κ3) is 3.45. The van der Waals surface area contributed by atoms with E-state index in [4.69, 9.17) is 11.6 Å². The Bertz CT molecular complexity index is 528. The maximum atomic E-state index is 5.89. The van der Waals surface area contributed by atoms with E-state index in [0.717, 1.165) is 5.02 Å². The van der Waals surface area contributed by atoms with Crippen LogP contribution < -0.4 is 5.32 Å². The van der Waals surface area contributed by atoms with Gasteiger partial charge in [0.2, 0.25) is 0 Å². The number of thiophene rings is 1. The van der Waals surface area contributed by atoms with Crippen LogP contribution in [0.25, 0.3) is 16.5 Å². The van der Waals surface area contributed by atoms with Crippen molar-refractivity contribution in [3.8, 4) is 10.4 Å². The first-order valence-corrected chi connectivity index (χ1v) is 7.10. The molecule has 0 fully saturated rings. The van der Waals surface area contributed by atoms with E-state index in [0.29, 0.717) is 6.04 Å². The molecule has 94 valence electrons. The zero-order chi connectivity index (χ0) is 13.0. The van der Waals surface area contributed by atoms with Gasteiger partial charge in [-0.2, -0.15) is 0 Å². The van der Waals surface area contributed by atoms with Crippen molar-refractivity contribution in [2.75, 3.05) is 7.05 Å². The van der Waals surface area contributed by atoms with Crippen LogP contribution in [0.15, 0.2) is 42.5 Å². The summed E-state index contributed by atoms with van der Waals surface area (Å²) in [6.45, 7) is 2.13. The van der Waals surface area contributed by atoms with Crippen molar-refractivity contribution in [1.29, 1.82) is 0 Å². The molecule has 0 saturated heterocycles. The second-order valence-electron chi connectivity index (χ2n) is 4.15. The molecule has 2 aromatic rings. The summed E-state index contributed by atoms with van der Waals surface area (Å²) in [6, 6.07) is 12.6. The molecule has 0 spiro atoms. The van der Waals surface area contributed by atoms with Crippen LogP contribution in [0.2, 0.25) is 5.02 Å². The summed E-state index contributed by atoms with van der Waals surface area (Å²) in [5.74, 6) is 0. The van der Waals surface area contributed by atoms with Crippen molar-refractivity contribution >= 4 is 29.0 Å². The van der Waals surface area contributed by atoms with E-state index in [1.54, 1.807) is 11.3 Å². The Morgan fingerprint density at radius 1 is 1.17 bits per heavy atom. The normalized spacial score (nSPS) is 13.1. The van der Waals surface area contributed by atoms with Gasteiger partial charge in [0.15, 0.2) is 0 Å². The summed E-state index contributed by atoms with van der Waals surface area (Å²) >= 11 is 7.68. The van der Waals surface area contributed by atoms with E-state index in [9.17, 15) is 0 Å². The standard InChI is InChI=1S/C15H16ClNS/c1-11(17-2)3-8-14-9-10-15(18-14)12-4-6-13(16)7-5-12/h3-11,17H,1-2H3/b8-3+. The molecule has 0 bridgehead atoms. The fourth-order valence-electron chi connectivity index (χ4n) is 1.55. The molecule has 0 aliphatic heterocycles. The summed E-state index contributed by atoms with van der Waals surface area (Å²) in [6.07, 6.45) is 4.32. The highest BCUT2D eigenvalue weighted by Gasteiger charge is 2.01. The van der Waals surface area contributed by atoms with Gasteiger partial charge in [0, 0.05) is 20.8 Å². The largest absolute Gasteiger partial charge is 0.314 e. The molecule has 0 saturated carbocycles. The second kappa shape index (κ2) is 6.19. The molecule has 0 aliphatic rings. The fraction of sp³-hybridized carbons (Fsp3) is 0.200. The lowest BCUT2D eigenvalue weighted by atomic mass is 10.2. The van der Waals surface area contributed by atoms with Gasteiger partial charge in [-0.3, -0.25) is 0 Å². The fourth-order valence-corrected chi connectivity index (χ4v) is 2.60. The summed E-state index contributed by atoms with van der Waals surface area (Å²) in [5.41, 5.74) is 1.21. The highest BCUT2D eigenvalue weighted by atomic mass is 35.5. The molecular formula is C15H16ClNS. The Morgan fingerprint density at radius 2 is 1.89 bits per heavy atom. The van der Waals surface area contributed by atoms with Crippen molar-refractivity contribution in [2.24, 2.45) is 0 Å². The number of halogens is 1. The third-order valence-electron chi connectivity index (χ3n) is 2.76. The van der Waals surface area contributed by atoms with E-state index in [1.165, 1.54) is 15.3 Å². The lowest BCUT2D eigenvalue weighted by Crippen LogP contribution is -2.17. The molecule has 1 atom stereocenters. The van der Waals surface area contributed by atoms with Crippen LogP contribution in [0.4, 0.5) is 0 Å². The molecule has 1 nitrogen and oxygen atoms in total. The van der Waals surface area contributed by atoms with Gasteiger partial charge in [-0.15, -0.1) is 11.3 Å². The zero-order valence-corrected chi connectivity index (χ0v) is 12.1. The van der Waals surface area contributed by atoms with Gasteiger partial charge in [0.25, 0.3) is 0 Å². The Labute approximate surface area is 117 Å². The first kappa shape index (κ1) is 13.3. The first-order valence-electron chi connectivity index (χ1n) is 5.90. The van der Waals surface area contributed by atoms with Gasteiger partial charge in [-0.1, -0.05) is 29.8 Å². The molecule has 1 heterocycles. The third-order valence-corrected chi connectivity index (χ3v) is 4.11. The van der Waals surface area contributed by atoms with Crippen molar-refractivity contribution in [2.45, 2.75) is 13.0 Å². The van der Waals surface area contributed by atoms with Crippen molar-refractivity contribution in [1.82, 2.24) is 5.32 Å². The van der Waals surface area contributed by atoms with E-state index >= 15 is 0 Å². The summed E-state index contributed by atoms with van der Waals surface area (Å²) in [7, 11) is 1.96. The molecule has 1 aromatic heterocycles. The average molecular weight is 278 g/mol. The molecule has 3 heteroatoms. The molecule has 2 rings (SSSR count). The number of likely N-dealkylation sites (N-methyl/N-ethyl adjacent to an activating group) is 1. The first-order chi connectivity index (χ1) is 8.69. The Morgan fingerprint density at radius 3 is 2.56 bits per heavy atom. The number of hydrogen-bond donors (Lipinski definition) is 1. The highest BCUT2D eigenvalue weighted by molar-refractivity contribution is 7.16. The van der Waals surface area contributed by atoms with Crippen molar-refractivity contribution in [3.05, 3.63) is 52.4 Å². The van der Waals surface area contributed by atoms with Gasteiger partial charge in [0.1, 0.15) is 0 Å². The minimum absolute atomic E-state index is 0.395. The zero-order valence-electron chi connectivity index (χ0n) is 10.5. The van der Waals surface area contributed by atoms with E-state index in [2.05, 4.69) is 48.7 Å². The summed E-state index contributed by atoms with van der Waals surface area (Å²) < 4.78 is 0. The van der Waals surface area contributed by atoms with Gasteiger partial charge >= 0.3 is 0 Å². The van der Waals surface area contributed by atoms with Crippen LogP contribution in [0.3, 0.4) is 0 Å². The van der Waals surface area contributed by atoms with Crippen LogP contribution >= 0.6 is 22.9 Å². The van der Waals surface area contributed by atoms with Crippen LogP contribution in [-0.4, -0.2) is 13.1 Å². The monoisotopic (exact) mass is 277 g/mol. The summed E-state index contributed by atoms with van der Waals surface area (Å²) in [4.78, 5) is 2.53. The van der Waals surface area contributed by atoms with Crippen LogP contribution in [0.5, 0.6) is 0 Å². The van der Waals surface area contributed by atoms with E-state index < -0.39 is 0 Å². The van der Waals surface area contributed by atoms with Crippen molar-refractivity contribution < 1.29 is 0 Å². The maximum absolute atomic E-state index is 5.89. The molecule has 0 radical (unpaired) electrons. The van der Waals surface area contributed by atoms with Gasteiger partial charge in [-0.05, 0) is 49.9 Å². The Hall–Kier alpha value is -1.09. The molecule has 1 unspecified atom stereocenters. The Kier molecular flexibility index (Phi) is 4.59. The van der Waals surface area contributed by atoms with Gasteiger partial charge in [-0.25, -0.2) is 0 Å². The van der Waals surface area contributed by atoms with Crippen LogP contribution in [0.1, 0.15) is 11.8 Å². The minimum atomic E-state index is 0.395. The number of hydrogen-bond acceptors (Lipinski definition) is 2.